The molecule has 1 aliphatic heterocycles. The number of aromatic carboxylic acids is 2. The van der Waals surface area contributed by atoms with Crippen molar-refractivity contribution >= 4 is 11.9 Å². The maximum atomic E-state index is 10.5. The van der Waals surface area contributed by atoms with Gasteiger partial charge in [-0.05, 0) is 32.6 Å². The highest BCUT2D eigenvalue weighted by Crippen LogP contribution is 2.09. The fourth-order valence-corrected chi connectivity index (χ4v) is 2.22. The van der Waals surface area contributed by atoms with Gasteiger partial charge < -0.3 is 10.2 Å². The maximum Gasteiger partial charge on any atom is 0.336 e. The number of hydrogen-bond acceptors (Lipinski definition) is 4. The van der Waals surface area contributed by atoms with Crippen molar-refractivity contribution < 1.29 is 19.8 Å². The molecular weight excluding hydrogens is 272 g/mol. The number of carboxylic acid groups (broad SMARTS) is 2. The topological polar surface area (TPSA) is 81.1 Å². The van der Waals surface area contributed by atoms with E-state index in [1.807, 2.05) is 0 Å². The van der Waals surface area contributed by atoms with Crippen LogP contribution in [0.25, 0.3) is 0 Å². The molecule has 0 aromatic heterocycles. The van der Waals surface area contributed by atoms with Crippen LogP contribution in [0.5, 0.6) is 0 Å². The number of benzene rings is 1. The zero-order valence-electron chi connectivity index (χ0n) is 12.6. The van der Waals surface area contributed by atoms with E-state index in [1.54, 1.807) is 0 Å². The molecule has 1 aliphatic rings. The van der Waals surface area contributed by atoms with E-state index in [1.165, 1.54) is 43.9 Å². The molecule has 1 saturated heterocycles. The third-order valence-electron chi connectivity index (χ3n) is 3.70. The van der Waals surface area contributed by atoms with Crippen LogP contribution in [0, 0.1) is 0 Å². The molecule has 0 bridgehead atoms. The fraction of sp³-hybridized carbons (Fsp3) is 0.467. The molecule has 1 atom stereocenters. The standard InChI is InChI=1S/C8H6O4.C7H16N2/c9-7(10)5-3-1-2-4-6(5)8(11)12;1-4-9-6-5-8(3)7(9)2/h1-4H,(H,9,10)(H,11,12);7H,4-6H2,1-3H3. The summed E-state index contributed by atoms with van der Waals surface area (Å²) in [6, 6.07) is 5.48. The first kappa shape index (κ1) is 17.1. The number of hydrogen-bond donors (Lipinski definition) is 2. The summed E-state index contributed by atoms with van der Waals surface area (Å²) >= 11 is 0. The average molecular weight is 294 g/mol. The van der Waals surface area contributed by atoms with E-state index in [4.69, 9.17) is 10.2 Å². The summed E-state index contributed by atoms with van der Waals surface area (Å²) in [5.74, 6) is -2.46. The smallest absolute Gasteiger partial charge is 0.336 e. The first-order valence-corrected chi connectivity index (χ1v) is 6.88. The van der Waals surface area contributed by atoms with E-state index in [0.29, 0.717) is 6.17 Å². The van der Waals surface area contributed by atoms with Gasteiger partial charge in [-0.25, -0.2) is 9.59 Å². The molecular formula is C15H22N2O4. The van der Waals surface area contributed by atoms with Gasteiger partial charge in [-0.15, -0.1) is 0 Å². The summed E-state index contributed by atoms with van der Waals surface area (Å²) in [4.78, 5) is 25.8. The molecule has 0 aliphatic carbocycles. The first-order valence-electron chi connectivity index (χ1n) is 6.88. The van der Waals surface area contributed by atoms with E-state index in [-0.39, 0.29) is 11.1 Å². The van der Waals surface area contributed by atoms with Crippen LogP contribution in [-0.4, -0.2) is 64.8 Å². The van der Waals surface area contributed by atoms with Crippen molar-refractivity contribution in [3.63, 3.8) is 0 Å². The van der Waals surface area contributed by atoms with Crippen LogP contribution in [0.1, 0.15) is 34.6 Å². The largest absolute Gasteiger partial charge is 0.478 e. The fourth-order valence-electron chi connectivity index (χ4n) is 2.22. The molecule has 0 amide bonds. The highest BCUT2D eigenvalue weighted by atomic mass is 16.4. The van der Waals surface area contributed by atoms with Crippen molar-refractivity contribution in [2.75, 3.05) is 26.7 Å². The molecule has 1 fully saturated rings. The van der Waals surface area contributed by atoms with Gasteiger partial charge in [0.25, 0.3) is 0 Å². The minimum Gasteiger partial charge on any atom is -0.478 e. The Morgan fingerprint density at radius 1 is 1.14 bits per heavy atom. The molecule has 0 spiro atoms. The molecule has 0 saturated carbocycles. The molecule has 1 unspecified atom stereocenters. The van der Waals surface area contributed by atoms with Crippen LogP contribution in [0.3, 0.4) is 0 Å². The van der Waals surface area contributed by atoms with Gasteiger partial charge in [-0.2, -0.15) is 0 Å². The van der Waals surface area contributed by atoms with Crippen molar-refractivity contribution in [2.45, 2.75) is 20.0 Å². The summed E-state index contributed by atoms with van der Waals surface area (Å²) in [5.41, 5.74) is -0.380. The van der Waals surface area contributed by atoms with Gasteiger partial charge in [0.15, 0.2) is 0 Å². The molecule has 0 radical (unpaired) electrons. The Morgan fingerprint density at radius 3 is 1.86 bits per heavy atom. The van der Waals surface area contributed by atoms with Crippen molar-refractivity contribution in [3.05, 3.63) is 35.4 Å². The van der Waals surface area contributed by atoms with Gasteiger partial charge in [0.05, 0.1) is 17.3 Å². The summed E-state index contributed by atoms with van der Waals surface area (Å²) in [6.07, 6.45) is 0.662. The molecule has 2 rings (SSSR count). The summed E-state index contributed by atoms with van der Waals surface area (Å²) < 4.78 is 0. The SMILES string of the molecule is CCN1CCN(C)C1C.O=C(O)c1ccccc1C(=O)O. The Morgan fingerprint density at radius 2 is 1.62 bits per heavy atom. The summed E-state index contributed by atoms with van der Waals surface area (Å²) in [5, 5.41) is 17.1. The van der Waals surface area contributed by atoms with Crippen LogP contribution in [0.4, 0.5) is 0 Å². The van der Waals surface area contributed by atoms with Crippen molar-refractivity contribution in [1.29, 1.82) is 0 Å². The van der Waals surface area contributed by atoms with E-state index in [0.717, 1.165) is 0 Å². The molecule has 1 heterocycles. The minimum atomic E-state index is -1.23. The highest BCUT2D eigenvalue weighted by molar-refractivity contribution is 6.01. The number of carboxylic acids is 2. The lowest BCUT2D eigenvalue weighted by Gasteiger charge is -2.22. The second kappa shape index (κ2) is 7.75. The monoisotopic (exact) mass is 294 g/mol. The number of nitrogens with zero attached hydrogens (tertiary/aromatic N) is 2. The number of rotatable bonds is 3. The average Bonchev–Trinajstić information content (AvgIpc) is 2.79. The molecule has 2 N–H and O–H groups in total. The highest BCUT2D eigenvalue weighted by Gasteiger charge is 2.22. The number of likely N-dealkylation sites (N-methyl/N-ethyl adjacent to an activating group) is 2. The van der Waals surface area contributed by atoms with Gasteiger partial charge >= 0.3 is 11.9 Å². The molecule has 1 aromatic rings. The summed E-state index contributed by atoms with van der Waals surface area (Å²) in [7, 11) is 2.18. The zero-order chi connectivity index (χ0) is 16.0. The molecule has 116 valence electrons. The minimum absolute atomic E-state index is 0.190. The van der Waals surface area contributed by atoms with Gasteiger partial charge in [-0.1, -0.05) is 19.1 Å². The Kier molecular flexibility index (Phi) is 6.33. The van der Waals surface area contributed by atoms with Crippen molar-refractivity contribution in [3.8, 4) is 0 Å². The second-order valence-electron chi connectivity index (χ2n) is 4.90. The van der Waals surface area contributed by atoms with E-state index >= 15 is 0 Å². The lowest BCUT2D eigenvalue weighted by molar-refractivity contribution is 0.0651. The lowest BCUT2D eigenvalue weighted by atomic mass is 10.1. The maximum absolute atomic E-state index is 10.5. The Bertz CT molecular complexity index is 471. The van der Waals surface area contributed by atoms with E-state index < -0.39 is 11.9 Å². The van der Waals surface area contributed by atoms with Crippen LogP contribution >= 0.6 is 0 Å². The normalized spacial score (nSPS) is 18.9. The van der Waals surface area contributed by atoms with Crippen molar-refractivity contribution in [2.24, 2.45) is 0 Å². The Hall–Kier alpha value is -1.92. The Balaban J connectivity index is 0.000000219. The first-order chi connectivity index (χ1) is 9.88. The van der Waals surface area contributed by atoms with Gasteiger partial charge in [0.2, 0.25) is 0 Å². The Labute approximate surface area is 124 Å². The third-order valence-corrected chi connectivity index (χ3v) is 3.70. The molecule has 1 aromatic carbocycles. The van der Waals surface area contributed by atoms with Gasteiger partial charge in [0.1, 0.15) is 0 Å². The number of carbonyl (C=O) groups is 2. The van der Waals surface area contributed by atoms with E-state index in [2.05, 4.69) is 30.7 Å². The third kappa shape index (κ3) is 4.54. The molecule has 21 heavy (non-hydrogen) atoms. The van der Waals surface area contributed by atoms with Gasteiger partial charge in [0, 0.05) is 13.1 Å². The predicted octanol–water partition coefficient (Wildman–Crippen LogP) is 1.68. The predicted molar refractivity (Wildman–Crippen MR) is 79.7 cm³/mol. The van der Waals surface area contributed by atoms with Crippen LogP contribution in [0.15, 0.2) is 24.3 Å². The molecule has 6 heteroatoms. The quantitative estimate of drug-likeness (QED) is 0.883. The molecule has 6 nitrogen and oxygen atoms in total. The lowest BCUT2D eigenvalue weighted by Crippen LogP contribution is -2.33. The summed E-state index contributed by atoms with van der Waals surface area (Å²) in [6.45, 7) is 8.14. The van der Waals surface area contributed by atoms with E-state index in [9.17, 15) is 9.59 Å². The van der Waals surface area contributed by atoms with Crippen LogP contribution in [0.2, 0.25) is 0 Å². The second-order valence-corrected chi connectivity index (χ2v) is 4.90. The van der Waals surface area contributed by atoms with Crippen LogP contribution in [-0.2, 0) is 0 Å². The van der Waals surface area contributed by atoms with Gasteiger partial charge in [-0.3, -0.25) is 9.80 Å². The van der Waals surface area contributed by atoms with Crippen LogP contribution < -0.4 is 0 Å². The van der Waals surface area contributed by atoms with Crippen molar-refractivity contribution in [1.82, 2.24) is 9.80 Å². The zero-order valence-corrected chi connectivity index (χ0v) is 12.6.